The molecule has 0 bridgehead atoms. The van der Waals surface area contributed by atoms with Gasteiger partial charge in [0.2, 0.25) is 0 Å². The van der Waals surface area contributed by atoms with Crippen molar-refractivity contribution in [3.05, 3.63) is 0 Å². The Morgan fingerprint density at radius 2 is 1.48 bits per heavy atom. The summed E-state index contributed by atoms with van der Waals surface area (Å²) in [6, 6.07) is 0.468. The van der Waals surface area contributed by atoms with Crippen molar-refractivity contribution in [2.24, 2.45) is 5.73 Å². The number of hydrogen-bond donors (Lipinski definition) is 2. The van der Waals surface area contributed by atoms with Gasteiger partial charge in [-0.1, -0.05) is 13.8 Å². The molecule has 1 unspecified atom stereocenters. The molecule has 0 aliphatic rings. The number of thiocyanates is 1. The molecule has 3 N–H and O–H groups in total. The quantitative estimate of drug-likeness (QED) is 0.176. The summed E-state index contributed by atoms with van der Waals surface area (Å²) in [7, 11) is 0. The Labute approximate surface area is 168 Å². The maximum absolute atomic E-state index is 9.00. The fraction of sp³-hybridized carbons (Fsp3) is 0.944. The van der Waals surface area contributed by atoms with E-state index in [1.54, 1.807) is 0 Å². The highest BCUT2D eigenvalue weighted by atomic mass is 32.2. The van der Waals surface area contributed by atoms with Gasteiger partial charge >= 0.3 is 0 Å². The maximum atomic E-state index is 9.00. The van der Waals surface area contributed by atoms with Crippen molar-refractivity contribution in [1.82, 2.24) is 5.32 Å². The van der Waals surface area contributed by atoms with Crippen molar-refractivity contribution < 1.29 is 23.7 Å². The number of ether oxygens (including phenoxy) is 5. The van der Waals surface area contributed by atoms with E-state index in [1.165, 1.54) is 0 Å². The summed E-state index contributed by atoms with van der Waals surface area (Å²) in [4.78, 5) is -0.615. The summed E-state index contributed by atoms with van der Waals surface area (Å²) >= 11 is 1.10. The average molecular weight is 408 g/mol. The lowest BCUT2D eigenvalue weighted by Gasteiger charge is -2.26. The molecule has 9 heteroatoms. The van der Waals surface area contributed by atoms with Gasteiger partial charge < -0.3 is 34.7 Å². The smallest absolute Gasteiger partial charge is 0.136 e. The van der Waals surface area contributed by atoms with E-state index >= 15 is 0 Å². The molecule has 0 rings (SSSR count). The summed E-state index contributed by atoms with van der Waals surface area (Å²) in [6.07, 6.45) is 0.611. The van der Waals surface area contributed by atoms with Crippen molar-refractivity contribution in [3.63, 3.8) is 0 Å². The van der Waals surface area contributed by atoms with Crippen LogP contribution in [0.5, 0.6) is 0 Å². The number of rotatable bonds is 20. The second kappa shape index (κ2) is 18.9. The minimum atomic E-state index is -0.615. The molecule has 0 aliphatic carbocycles. The van der Waals surface area contributed by atoms with E-state index in [0.717, 1.165) is 18.3 Å². The fourth-order valence-electron chi connectivity index (χ4n) is 1.97. The van der Waals surface area contributed by atoms with Crippen LogP contribution in [0.3, 0.4) is 0 Å². The molecular weight excluding hydrogens is 370 g/mol. The first-order chi connectivity index (χ1) is 13.0. The third-order valence-corrected chi connectivity index (χ3v) is 4.25. The lowest BCUT2D eigenvalue weighted by molar-refractivity contribution is -0.0331. The Kier molecular flexibility index (Phi) is 18.6. The molecule has 0 aromatic heterocycles. The van der Waals surface area contributed by atoms with Crippen LogP contribution in [0.2, 0.25) is 0 Å². The van der Waals surface area contributed by atoms with Crippen LogP contribution in [-0.4, -0.2) is 83.5 Å². The predicted molar refractivity (Wildman–Crippen MR) is 108 cm³/mol. The number of thioether (sulfide) groups is 1. The van der Waals surface area contributed by atoms with E-state index < -0.39 is 4.93 Å². The second-order valence-corrected chi connectivity index (χ2v) is 7.52. The van der Waals surface area contributed by atoms with Crippen molar-refractivity contribution in [3.8, 4) is 5.40 Å². The molecule has 0 saturated heterocycles. The first-order valence-corrected chi connectivity index (χ1v) is 10.3. The number of nitrogens with two attached hydrogens (primary N) is 1. The Bertz CT molecular complexity index is 371. The van der Waals surface area contributed by atoms with Crippen molar-refractivity contribution in [2.75, 3.05) is 72.6 Å². The van der Waals surface area contributed by atoms with E-state index in [0.29, 0.717) is 78.5 Å². The molecule has 8 nitrogen and oxygen atoms in total. The number of nitrogens with zero attached hydrogens (tertiary/aromatic N) is 1. The van der Waals surface area contributed by atoms with Crippen LogP contribution in [0.15, 0.2) is 0 Å². The third-order valence-electron chi connectivity index (χ3n) is 3.40. The minimum Gasteiger partial charge on any atom is -0.379 e. The van der Waals surface area contributed by atoms with Gasteiger partial charge in [0, 0.05) is 25.6 Å². The monoisotopic (exact) mass is 407 g/mol. The highest BCUT2D eigenvalue weighted by Crippen LogP contribution is 2.29. The van der Waals surface area contributed by atoms with Gasteiger partial charge in [-0.15, -0.1) is 0 Å². The van der Waals surface area contributed by atoms with Crippen LogP contribution in [0, 0.1) is 10.7 Å². The van der Waals surface area contributed by atoms with Crippen LogP contribution in [0.4, 0.5) is 0 Å². The van der Waals surface area contributed by atoms with Gasteiger partial charge in [0.25, 0.3) is 0 Å². The zero-order chi connectivity index (χ0) is 20.2. The molecule has 0 aromatic carbocycles. The highest BCUT2D eigenvalue weighted by molar-refractivity contribution is 8.04. The molecule has 0 radical (unpaired) electrons. The van der Waals surface area contributed by atoms with Gasteiger partial charge in [-0.3, -0.25) is 0 Å². The van der Waals surface area contributed by atoms with Gasteiger partial charge in [-0.25, -0.2) is 0 Å². The molecule has 0 spiro atoms. The van der Waals surface area contributed by atoms with Gasteiger partial charge in [0.1, 0.15) is 10.3 Å². The van der Waals surface area contributed by atoms with E-state index in [9.17, 15) is 0 Å². The molecule has 0 aromatic rings. The van der Waals surface area contributed by atoms with Crippen LogP contribution in [0.25, 0.3) is 0 Å². The zero-order valence-electron chi connectivity index (χ0n) is 17.0. The van der Waals surface area contributed by atoms with Gasteiger partial charge in [-0.2, -0.15) is 5.26 Å². The first kappa shape index (κ1) is 26.6. The summed E-state index contributed by atoms with van der Waals surface area (Å²) in [5, 5.41) is 14.4. The van der Waals surface area contributed by atoms with E-state index in [4.69, 9.17) is 34.7 Å². The summed E-state index contributed by atoms with van der Waals surface area (Å²) in [5.74, 6) is 0. The van der Waals surface area contributed by atoms with Crippen LogP contribution in [0.1, 0.15) is 27.2 Å². The highest BCUT2D eigenvalue weighted by Gasteiger charge is 2.26. The normalized spacial score (nSPS) is 13.6. The maximum Gasteiger partial charge on any atom is 0.136 e. The van der Waals surface area contributed by atoms with Gasteiger partial charge in [0.15, 0.2) is 0 Å². The third kappa shape index (κ3) is 18.7. The van der Waals surface area contributed by atoms with Crippen LogP contribution >= 0.6 is 11.8 Å². The van der Waals surface area contributed by atoms with E-state index in [-0.39, 0.29) is 0 Å². The Morgan fingerprint density at radius 1 is 0.926 bits per heavy atom. The summed E-state index contributed by atoms with van der Waals surface area (Å²) in [5.41, 5.74) is 5.33. The minimum absolute atomic E-state index is 0.411. The summed E-state index contributed by atoms with van der Waals surface area (Å²) in [6.45, 7) is 12.1. The van der Waals surface area contributed by atoms with Crippen molar-refractivity contribution in [1.29, 1.82) is 5.26 Å². The molecule has 27 heavy (non-hydrogen) atoms. The SMILES string of the molecule is CC(C)NCCOCCOCCC(C)(OCCOCCOCCN)SC#N. The molecular formula is C18H37N3O5S. The molecule has 0 fully saturated rings. The molecule has 0 heterocycles. The second-order valence-electron chi connectivity index (χ2n) is 6.27. The lowest BCUT2D eigenvalue weighted by atomic mass is 10.3. The van der Waals surface area contributed by atoms with E-state index in [2.05, 4.69) is 24.6 Å². The fourth-order valence-corrected chi connectivity index (χ4v) is 2.49. The molecule has 0 amide bonds. The number of hydrogen-bond acceptors (Lipinski definition) is 9. The Hall–Kier alpha value is -0.440. The molecule has 0 saturated carbocycles. The van der Waals surface area contributed by atoms with E-state index in [1.807, 2.05) is 6.92 Å². The molecule has 0 aliphatic heterocycles. The number of nitriles is 1. The summed E-state index contributed by atoms with van der Waals surface area (Å²) < 4.78 is 27.5. The lowest BCUT2D eigenvalue weighted by Crippen LogP contribution is -2.28. The first-order valence-electron chi connectivity index (χ1n) is 9.49. The molecule has 1 atom stereocenters. The largest absolute Gasteiger partial charge is 0.379 e. The van der Waals surface area contributed by atoms with Gasteiger partial charge in [-0.05, 0) is 18.7 Å². The number of nitrogens with one attached hydrogen (secondary N) is 1. The molecule has 160 valence electrons. The Balaban J connectivity index is 3.67. The predicted octanol–water partition coefficient (Wildman–Crippen LogP) is 1.35. The van der Waals surface area contributed by atoms with Crippen LogP contribution in [-0.2, 0) is 23.7 Å². The Morgan fingerprint density at radius 3 is 2.07 bits per heavy atom. The zero-order valence-corrected chi connectivity index (χ0v) is 17.9. The standard InChI is InChI=1S/C18H37N3O5S/c1-17(2)21-6-9-24-12-10-22-7-4-18(3,27-16-20)26-15-14-25-13-11-23-8-5-19/h17,21H,4-15,19H2,1-3H3. The average Bonchev–Trinajstić information content (AvgIpc) is 2.62. The van der Waals surface area contributed by atoms with Crippen LogP contribution < -0.4 is 11.1 Å². The topological polar surface area (TPSA) is 108 Å². The van der Waals surface area contributed by atoms with Gasteiger partial charge in [0.05, 0.1) is 59.5 Å². The van der Waals surface area contributed by atoms with Crippen molar-refractivity contribution >= 4 is 11.8 Å². The van der Waals surface area contributed by atoms with Crippen molar-refractivity contribution in [2.45, 2.75) is 38.2 Å².